The van der Waals surface area contributed by atoms with Crippen molar-refractivity contribution in [2.75, 3.05) is 5.32 Å². The minimum Gasteiger partial charge on any atom is -0.456 e. The Labute approximate surface area is 266 Å². The van der Waals surface area contributed by atoms with Crippen molar-refractivity contribution in [1.29, 1.82) is 0 Å². The summed E-state index contributed by atoms with van der Waals surface area (Å²) in [6, 6.07) is 50.4. The van der Waals surface area contributed by atoms with Crippen LogP contribution >= 0.6 is 0 Å². The van der Waals surface area contributed by atoms with Crippen LogP contribution in [0.3, 0.4) is 0 Å². The van der Waals surface area contributed by atoms with Crippen LogP contribution in [0.15, 0.2) is 149 Å². The zero-order chi connectivity index (χ0) is 30.2. The molecule has 1 N–H and O–H groups in total. The normalized spacial score (nSPS) is 17.3. The third kappa shape index (κ3) is 3.88. The van der Waals surface area contributed by atoms with E-state index in [2.05, 4.69) is 139 Å². The number of para-hydroxylation sites is 1. The third-order valence-electron chi connectivity index (χ3n) is 10.1. The number of benzene rings is 7. The number of amidine groups is 1. The summed E-state index contributed by atoms with van der Waals surface area (Å²) in [6.45, 7) is 0. The van der Waals surface area contributed by atoms with Gasteiger partial charge in [-0.3, -0.25) is 4.99 Å². The van der Waals surface area contributed by atoms with E-state index in [1.165, 1.54) is 54.6 Å². The molecule has 7 aromatic carbocycles. The van der Waals surface area contributed by atoms with E-state index in [-0.39, 0.29) is 12.0 Å². The zero-order valence-corrected chi connectivity index (χ0v) is 25.2. The molecule has 1 aromatic heterocycles. The second-order valence-electron chi connectivity index (χ2n) is 12.7. The van der Waals surface area contributed by atoms with Gasteiger partial charge in [0.05, 0.1) is 5.69 Å². The topological polar surface area (TPSA) is 37.5 Å². The first-order chi connectivity index (χ1) is 22.8. The maximum Gasteiger partial charge on any atom is 0.153 e. The zero-order valence-electron chi connectivity index (χ0n) is 25.2. The molecule has 0 spiro atoms. The predicted octanol–water partition coefficient (Wildman–Crippen LogP) is 11.2. The lowest BCUT2D eigenvalue weighted by molar-refractivity contribution is 0.431. The quantitative estimate of drug-likeness (QED) is 0.217. The predicted molar refractivity (Wildman–Crippen MR) is 191 cm³/mol. The summed E-state index contributed by atoms with van der Waals surface area (Å²) in [5.74, 6) is 1.93. The second kappa shape index (κ2) is 9.92. The van der Waals surface area contributed by atoms with Gasteiger partial charge in [-0.2, -0.15) is 0 Å². The molecule has 46 heavy (non-hydrogen) atoms. The minimum atomic E-state index is -0.186. The summed E-state index contributed by atoms with van der Waals surface area (Å²) < 4.78 is 6.72. The fourth-order valence-electron chi connectivity index (χ4n) is 7.93. The van der Waals surface area contributed by atoms with Gasteiger partial charge in [0, 0.05) is 16.9 Å². The molecule has 0 saturated carbocycles. The molecule has 1 aliphatic heterocycles. The second-order valence-corrected chi connectivity index (χ2v) is 12.7. The van der Waals surface area contributed by atoms with Crippen LogP contribution in [-0.2, 0) is 6.42 Å². The average Bonchev–Trinajstić information content (AvgIpc) is 3.41. The summed E-state index contributed by atoms with van der Waals surface area (Å²) in [4.78, 5) is 5.57. The lowest BCUT2D eigenvalue weighted by atomic mass is 9.82. The molecule has 0 fully saturated rings. The molecule has 0 saturated heterocycles. The summed E-state index contributed by atoms with van der Waals surface area (Å²) in [6.07, 6.45) is 1.93. The van der Waals surface area contributed by atoms with E-state index in [1.54, 1.807) is 0 Å². The molecule has 10 rings (SSSR count). The number of nitrogens with zero attached hydrogens (tertiary/aromatic N) is 1. The molecule has 2 heterocycles. The molecule has 1 aliphatic carbocycles. The van der Waals surface area contributed by atoms with Crippen molar-refractivity contribution in [2.45, 2.75) is 24.8 Å². The molecule has 3 heteroatoms. The van der Waals surface area contributed by atoms with Crippen LogP contribution in [0.5, 0.6) is 0 Å². The molecule has 8 aromatic rings. The molecular formula is C43H30N2O. The molecule has 218 valence electrons. The number of furan rings is 1. The van der Waals surface area contributed by atoms with E-state index in [0.29, 0.717) is 0 Å². The lowest BCUT2D eigenvalue weighted by Crippen LogP contribution is -2.24. The molecule has 1 unspecified atom stereocenters. The van der Waals surface area contributed by atoms with E-state index in [0.717, 1.165) is 46.7 Å². The van der Waals surface area contributed by atoms with Crippen molar-refractivity contribution >= 4 is 54.8 Å². The molecule has 3 nitrogen and oxygen atoms in total. The van der Waals surface area contributed by atoms with Crippen LogP contribution in [-0.4, -0.2) is 5.84 Å². The van der Waals surface area contributed by atoms with Crippen LogP contribution < -0.4 is 5.32 Å². The Balaban J connectivity index is 1.22. The Hall–Kier alpha value is -5.67. The lowest BCUT2D eigenvalue weighted by Gasteiger charge is -2.29. The van der Waals surface area contributed by atoms with Crippen molar-refractivity contribution in [3.8, 4) is 11.1 Å². The Morgan fingerprint density at radius 1 is 0.609 bits per heavy atom. The van der Waals surface area contributed by atoms with Crippen LogP contribution in [0.2, 0.25) is 0 Å². The molecule has 2 atom stereocenters. The van der Waals surface area contributed by atoms with Crippen molar-refractivity contribution in [1.82, 2.24) is 0 Å². The molecular weight excluding hydrogens is 560 g/mol. The minimum absolute atomic E-state index is 0.118. The van der Waals surface area contributed by atoms with Gasteiger partial charge >= 0.3 is 0 Å². The Kier molecular flexibility index (Phi) is 5.53. The first-order valence-electron chi connectivity index (χ1n) is 16.2. The molecule has 2 aliphatic rings. The highest BCUT2D eigenvalue weighted by Gasteiger charge is 2.37. The van der Waals surface area contributed by atoms with Gasteiger partial charge in [0.15, 0.2) is 5.76 Å². The first-order valence-corrected chi connectivity index (χ1v) is 16.2. The number of fused-ring (bicyclic) bond motifs is 10. The average molecular weight is 591 g/mol. The van der Waals surface area contributed by atoms with Crippen LogP contribution in [0, 0.1) is 0 Å². The van der Waals surface area contributed by atoms with Crippen molar-refractivity contribution in [2.24, 2.45) is 4.99 Å². The van der Waals surface area contributed by atoms with Gasteiger partial charge < -0.3 is 9.73 Å². The smallest absolute Gasteiger partial charge is 0.153 e. The standard InChI is InChI=1S/C43H30N2O/c1-2-11-28-24-32(18-17-26(28)9-1)43-44-40(42-41(45-43)36-15-7-8-16-38(36)46-42)35-22-20-31-23-29-12-3-4-13-30(29)25-37(31)39-33-14-6-5-10-27(33)19-21-34(35)39/h1-19,21,23-25,35,40H,20,22H2,(H,44,45)/t35?,40-/m1/s1. The highest BCUT2D eigenvalue weighted by Crippen LogP contribution is 2.52. The molecule has 0 bridgehead atoms. The van der Waals surface area contributed by atoms with E-state index >= 15 is 0 Å². The fraction of sp³-hybridized carbons (Fsp3) is 0.0930. The maximum atomic E-state index is 6.72. The highest BCUT2D eigenvalue weighted by molar-refractivity contribution is 6.15. The number of hydrogen-bond donors (Lipinski definition) is 1. The van der Waals surface area contributed by atoms with Crippen LogP contribution in [0.1, 0.15) is 40.8 Å². The first kappa shape index (κ1) is 25.6. The van der Waals surface area contributed by atoms with Gasteiger partial charge in [-0.1, -0.05) is 115 Å². The van der Waals surface area contributed by atoms with Crippen molar-refractivity contribution < 1.29 is 4.42 Å². The largest absolute Gasteiger partial charge is 0.456 e. The van der Waals surface area contributed by atoms with Gasteiger partial charge in [0.25, 0.3) is 0 Å². The number of aliphatic imine (C=N–C) groups is 1. The summed E-state index contributed by atoms with van der Waals surface area (Å²) >= 11 is 0. The van der Waals surface area contributed by atoms with Gasteiger partial charge in [-0.25, -0.2) is 0 Å². The van der Waals surface area contributed by atoms with Crippen LogP contribution in [0.25, 0.3) is 54.4 Å². The van der Waals surface area contributed by atoms with Crippen molar-refractivity contribution in [3.63, 3.8) is 0 Å². The SMILES string of the molecule is c1ccc2cc(C3=N[C@H](C4CCc5cc6ccccc6cc5-c5c4ccc4ccccc54)c4oc5ccccc5c4N3)ccc2c1. The Bertz CT molecular complexity index is 2540. The Morgan fingerprint density at radius 2 is 1.28 bits per heavy atom. The van der Waals surface area contributed by atoms with Gasteiger partial charge in [-0.05, 0) is 91.7 Å². The number of rotatable bonds is 2. The highest BCUT2D eigenvalue weighted by atomic mass is 16.3. The molecule has 0 amide bonds. The number of aryl methyl sites for hydroxylation is 1. The summed E-state index contributed by atoms with van der Waals surface area (Å²) in [5, 5.41) is 12.4. The van der Waals surface area contributed by atoms with E-state index in [9.17, 15) is 0 Å². The van der Waals surface area contributed by atoms with Gasteiger partial charge in [-0.15, -0.1) is 0 Å². The van der Waals surface area contributed by atoms with Gasteiger partial charge in [0.1, 0.15) is 17.5 Å². The third-order valence-corrected chi connectivity index (χ3v) is 10.1. The number of hydrogen-bond acceptors (Lipinski definition) is 3. The number of nitrogens with one attached hydrogen (secondary N) is 1. The number of anilines is 1. The van der Waals surface area contributed by atoms with Crippen molar-refractivity contribution in [3.05, 3.63) is 162 Å². The van der Waals surface area contributed by atoms with E-state index < -0.39 is 0 Å². The molecule has 0 radical (unpaired) electrons. The monoisotopic (exact) mass is 590 g/mol. The summed E-state index contributed by atoms with van der Waals surface area (Å²) in [7, 11) is 0. The summed E-state index contributed by atoms with van der Waals surface area (Å²) in [5.41, 5.74) is 8.42. The van der Waals surface area contributed by atoms with Crippen LogP contribution in [0.4, 0.5) is 5.69 Å². The van der Waals surface area contributed by atoms with E-state index in [4.69, 9.17) is 9.41 Å². The fourth-order valence-corrected chi connectivity index (χ4v) is 7.93. The maximum absolute atomic E-state index is 6.72. The van der Waals surface area contributed by atoms with Gasteiger partial charge in [0.2, 0.25) is 0 Å². The Morgan fingerprint density at radius 3 is 2.13 bits per heavy atom. The van der Waals surface area contributed by atoms with E-state index in [1.807, 2.05) is 6.07 Å².